The quantitative estimate of drug-likeness (QED) is 0.476. The lowest BCUT2D eigenvalue weighted by molar-refractivity contribution is -0.158. The molecule has 2 atom stereocenters. The lowest BCUT2D eigenvalue weighted by Crippen LogP contribution is -2.58. The average Bonchev–Trinajstić information content (AvgIpc) is 2.78. The van der Waals surface area contributed by atoms with Gasteiger partial charge in [0.25, 0.3) is 0 Å². The Balaban J connectivity index is 1.17. The number of nitrogens with one attached hydrogen (secondary N) is 1. The zero-order valence-corrected chi connectivity index (χ0v) is 22.7. The Morgan fingerprint density at radius 1 is 1.22 bits per heavy atom. The Hall–Kier alpha value is -2.09. The third kappa shape index (κ3) is 5.02. The predicted octanol–water partition coefficient (Wildman–Crippen LogP) is 5.67. The van der Waals surface area contributed by atoms with Crippen LogP contribution < -0.4 is 10.2 Å². The molecule has 1 aromatic heterocycles. The van der Waals surface area contributed by atoms with Gasteiger partial charge < -0.3 is 20.2 Å². The van der Waals surface area contributed by atoms with Crippen molar-refractivity contribution in [2.45, 2.75) is 58.5 Å². The van der Waals surface area contributed by atoms with E-state index in [1.807, 2.05) is 32.2 Å². The molecule has 9 heteroatoms. The Labute approximate surface area is 223 Å². The highest BCUT2D eigenvalue weighted by atomic mass is 35.5. The van der Waals surface area contributed by atoms with Crippen molar-refractivity contribution < 1.29 is 9.90 Å². The van der Waals surface area contributed by atoms with Crippen molar-refractivity contribution in [1.82, 2.24) is 14.9 Å². The molecule has 5 rings (SSSR count). The standard InChI is InChI=1S/C27H35Cl2N5O2/c1-16-12-30-26(32-24(16)31-17(2)22-7-6-20(28)9-23(22)29)34-14-19(15-34)18-5-4-8-33(13-18)21-10-27(3,11-21)25(35)36/h6-7,9,12,17-19,21H,4-5,8,10-11,13-15H2,1-3H3,(H,35,36)(H,30,31,32)/t17-,18+,21?,27?/m1/s1. The Bertz CT molecular complexity index is 1130. The topological polar surface area (TPSA) is 81.6 Å². The molecule has 1 aromatic carbocycles. The number of benzene rings is 1. The van der Waals surface area contributed by atoms with Crippen LogP contribution in [0.15, 0.2) is 24.4 Å². The zero-order valence-electron chi connectivity index (χ0n) is 21.2. The van der Waals surface area contributed by atoms with Crippen LogP contribution in [0.2, 0.25) is 10.0 Å². The summed E-state index contributed by atoms with van der Waals surface area (Å²) in [6.07, 6.45) is 5.88. The van der Waals surface area contributed by atoms with E-state index in [-0.39, 0.29) is 6.04 Å². The van der Waals surface area contributed by atoms with E-state index in [4.69, 9.17) is 28.2 Å². The fourth-order valence-corrected chi connectivity index (χ4v) is 6.58. The maximum Gasteiger partial charge on any atom is 0.309 e. The summed E-state index contributed by atoms with van der Waals surface area (Å²) in [6.45, 7) is 10.1. The summed E-state index contributed by atoms with van der Waals surface area (Å²) in [6, 6.07) is 5.95. The number of carboxylic acids is 1. The molecular weight excluding hydrogens is 497 g/mol. The molecule has 3 fully saturated rings. The average molecular weight is 533 g/mol. The maximum atomic E-state index is 11.5. The number of aliphatic carboxylic acids is 1. The molecule has 3 heterocycles. The normalized spacial score (nSPS) is 27.8. The number of hydrogen-bond donors (Lipinski definition) is 2. The van der Waals surface area contributed by atoms with Gasteiger partial charge in [-0.3, -0.25) is 4.79 Å². The number of anilines is 2. The molecule has 7 nitrogen and oxygen atoms in total. The first kappa shape index (κ1) is 25.6. The van der Waals surface area contributed by atoms with E-state index >= 15 is 0 Å². The van der Waals surface area contributed by atoms with Crippen molar-refractivity contribution >= 4 is 40.9 Å². The smallest absolute Gasteiger partial charge is 0.309 e. The summed E-state index contributed by atoms with van der Waals surface area (Å²) < 4.78 is 0. The zero-order chi connectivity index (χ0) is 25.6. The van der Waals surface area contributed by atoms with Crippen LogP contribution in [0, 0.1) is 24.2 Å². The molecule has 194 valence electrons. The first-order valence-electron chi connectivity index (χ1n) is 12.9. The van der Waals surface area contributed by atoms with Gasteiger partial charge in [0.1, 0.15) is 5.82 Å². The van der Waals surface area contributed by atoms with E-state index in [0.717, 1.165) is 61.9 Å². The van der Waals surface area contributed by atoms with Crippen LogP contribution in [0.3, 0.4) is 0 Å². The molecular formula is C27H35Cl2N5O2. The van der Waals surface area contributed by atoms with Gasteiger partial charge in [-0.15, -0.1) is 0 Å². The van der Waals surface area contributed by atoms with E-state index in [1.54, 1.807) is 6.07 Å². The fourth-order valence-electron chi connectivity index (χ4n) is 6.01. The largest absolute Gasteiger partial charge is 0.481 e. The first-order valence-corrected chi connectivity index (χ1v) is 13.7. The van der Waals surface area contributed by atoms with E-state index in [1.165, 1.54) is 12.8 Å². The van der Waals surface area contributed by atoms with Crippen molar-refractivity contribution in [3.05, 3.63) is 45.6 Å². The number of nitrogens with zero attached hydrogens (tertiary/aromatic N) is 4. The van der Waals surface area contributed by atoms with E-state index < -0.39 is 11.4 Å². The van der Waals surface area contributed by atoms with Crippen LogP contribution in [0.1, 0.15) is 56.7 Å². The molecule has 2 N–H and O–H groups in total. The van der Waals surface area contributed by atoms with E-state index in [9.17, 15) is 9.90 Å². The van der Waals surface area contributed by atoms with Gasteiger partial charge in [-0.05, 0) is 82.5 Å². The van der Waals surface area contributed by atoms with E-state index in [2.05, 4.69) is 27.0 Å². The molecule has 0 spiro atoms. The number of carboxylic acid groups (broad SMARTS) is 1. The maximum absolute atomic E-state index is 11.5. The van der Waals surface area contributed by atoms with Crippen LogP contribution in [0.25, 0.3) is 0 Å². The van der Waals surface area contributed by atoms with Gasteiger partial charge in [0.2, 0.25) is 5.95 Å². The molecule has 0 amide bonds. The number of piperidine rings is 1. The van der Waals surface area contributed by atoms with Gasteiger partial charge >= 0.3 is 5.97 Å². The number of aromatic nitrogens is 2. The highest BCUT2D eigenvalue weighted by Gasteiger charge is 2.49. The molecule has 1 aliphatic carbocycles. The number of rotatable bonds is 7. The highest BCUT2D eigenvalue weighted by Crippen LogP contribution is 2.45. The molecule has 1 saturated carbocycles. The molecule has 0 radical (unpaired) electrons. The van der Waals surface area contributed by atoms with Crippen molar-refractivity contribution in [1.29, 1.82) is 0 Å². The first-order chi connectivity index (χ1) is 17.1. The van der Waals surface area contributed by atoms with Crippen LogP contribution in [-0.2, 0) is 4.79 Å². The second kappa shape index (κ2) is 9.99. The van der Waals surface area contributed by atoms with Gasteiger partial charge in [-0.25, -0.2) is 4.98 Å². The fraction of sp³-hybridized carbons (Fsp3) is 0.593. The van der Waals surface area contributed by atoms with Crippen LogP contribution >= 0.6 is 23.2 Å². The Morgan fingerprint density at radius 3 is 2.67 bits per heavy atom. The third-order valence-electron chi connectivity index (χ3n) is 8.49. The van der Waals surface area contributed by atoms with E-state index in [0.29, 0.717) is 27.9 Å². The van der Waals surface area contributed by atoms with Crippen molar-refractivity contribution in [3.8, 4) is 0 Å². The number of carbonyl (C=O) groups is 1. The summed E-state index contributed by atoms with van der Waals surface area (Å²) in [4.78, 5) is 25.8. The minimum Gasteiger partial charge on any atom is -0.481 e. The molecule has 2 aromatic rings. The van der Waals surface area contributed by atoms with Gasteiger partial charge in [0.15, 0.2) is 0 Å². The molecule has 2 aliphatic heterocycles. The molecule has 3 aliphatic rings. The molecule has 0 bridgehead atoms. The summed E-state index contributed by atoms with van der Waals surface area (Å²) >= 11 is 12.5. The second-order valence-electron chi connectivity index (χ2n) is 11.2. The minimum absolute atomic E-state index is 0.0249. The summed E-state index contributed by atoms with van der Waals surface area (Å²) in [5, 5.41) is 14.2. The van der Waals surface area contributed by atoms with Crippen molar-refractivity contribution in [2.75, 3.05) is 36.4 Å². The molecule has 36 heavy (non-hydrogen) atoms. The number of hydrogen-bond acceptors (Lipinski definition) is 6. The number of aryl methyl sites for hydroxylation is 1. The Kier molecular flexibility index (Phi) is 7.09. The Morgan fingerprint density at radius 2 is 1.97 bits per heavy atom. The predicted molar refractivity (Wildman–Crippen MR) is 144 cm³/mol. The van der Waals surface area contributed by atoms with Crippen LogP contribution in [0.4, 0.5) is 11.8 Å². The lowest BCUT2D eigenvalue weighted by atomic mass is 9.65. The van der Waals surface area contributed by atoms with Gasteiger partial charge in [0.05, 0.1) is 11.5 Å². The molecule has 0 unspecified atom stereocenters. The van der Waals surface area contributed by atoms with Crippen LogP contribution in [0.5, 0.6) is 0 Å². The number of likely N-dealkylation sites (tertiary alicyclic amines) is 1. The van der Waals surface area contributed by atoms with Crippen molar-refractivity contribution in [2.24, 2.45) is 17.3 Å². The highest BCUT2D eigenvalue weighted by molar-refractivity contribution is 6.35. The van der Waals surface area contributed by atoms with Gasteiger partial charge in [0, 0.05) is 47.5 Å². The minimum atomic E-state index is -0.653. The van der Waals surface area contributed by atoms with Crippen LogP contribution in [-0.4, -0.2) is 58.2 Å². The second-order valence-corrected chi connectivity index (χ2v) is 12.1. The lowest BCUT2D eigenvalue weighted by Gasteiger charge is -2.52. The summed E-state index contributed by atoms with van der Waals surface area (Å²) in [7, 11) is 0. The third-order valence-corrected chi connectivity index (χ3v) is 9.06. The summed E-state index contributed by atoms with van der Waals surface area (Å²) in [5.74, 6) is 2.21. The van der Waals surface area contributed by atoms with Gasteiger partial charge in [-0.2, -0.15) is 4.98 Å². The monoisotopic (exact) mass is 531 g/mol. The van der Waals surface area contributed by atoms with Crippen molar-refractivity contribution in [3.63, 3.8) is 0 Å². The SMILES string of the molecule is Cc1cnc(N2CC([C@H]3CCCN(C4CC(C)(C(=O)O)C4)C3)C2)nc1N[C@H](C)c1ccc(Cl)cc1Cl. The van der Waals surface area contributed by atoms with Gasteiger partial charge in [-0.1, -0.05) is 29.3 Å². The number of halogens is 2. The summed E-state index contributed by atoms with van der Waals surface area (Å²) in [5.41, 5.74) is 1.43. The molecule has 2 saturated heterocycles.